The maximum Gasteiger partial charge on any atom is 0.335 e. The number of amides is 2. The second-order valence-corrected chi connectivity index (χ2v) is 11.0. The highest BCUT2D eigenvalue weighted by Crippen LogP contribution is 2.36. The summed E-state index contributed by atoms with van der Waals surface area (Å²) >= 11 is 0. The second-order valence-electron chi connectivity index (χ2n) is 11.0. The van der Waals surface area contributed by atoms with Crippen molar-refractivity contribution in [3.8, 4) is 11.5 Å². The number of carboxylic acids is 2. The number of rotatable bonds is 13. The minimum atomic E-state index is -1.06. The Balaban J connectivity index is 1.27. The number of aromatic carboxylic acids is 2. The Bertz CT molecular complexity index is 1880. The van der Waals surface area contributed by atoms with Gasteiger partial charge in [0.1, 0.15) is 18.1 Å². The number of ether oxygens (including phenoxy) is 2. The molecular weight excluding hydrogens is 630 g/mol. The van der Waals surface area contributed by atoms with Crippen molar-refractivity contribution >= 4 is 40.8 Å². The number of hydrogen-bond acceptors (Lipinski definition) is 9. The molecule has 0 atom stereocenters. The molecule has 49 heavy (non-hydrogen) atoms. The van der Waals surface area contributed by atoms with Crippen LogP contribution in [0.2, 0.25) is 0 Å². The van der Waals surface area contributed by atoms with Crippen molar-refractivity contribution in [1.82, 2.24) is 10.3 Å². The molecule has 0 spiro atoms. The van der Waals surface area contributed by atoms with Crippen LogP contribution >= 0.6 is 0 Å². The maximum atomic E-state index is 13.7. The van der Waals surface area contributed by atoms with Gasteiger partial charge in [0.05, 0.1) is 41.3 Å². The summed E-state index contributed by atoms with van der Waals surface area (Å²) in [5, 5.41) is 22.3. The topological polar surface area (TPSA) is 198 Å². The number of fused-ring (bicyclic) bond motifs is 2. The first kappa shape index (κ1) is 34.0. The van der Waals surface area contributed by atoms with Crippen LogP contribution in [0, 0.1) is 0 Å². The number of nitrogens with zero attached hydrogens (tertiary/aromatic N) is 2. The zero-order valence-corrected chi connectivity index (χ0v) is 26.4. The predicted molar refractivity (Wildman–Crippen MR) is 181 cm³/mol. The molecule has 5 rings (SSSR count). The standard InChI is InChI=1S/C36H35N5O8/c37-33-29-7-3-4-8-30(29)40(32(43)17-18-39-31(42)22-49-27-15-11-24(12-16-27)36(46)47)21-25-5-1-2-6-28(25)34(33)41(38)19-20-48-26-13-9-23(10-14-26)35(44)45/h1-16H,17-22,37-38H2,(H,39,42)(H,44,45)(H,46,47)/b34-33-. The Morgan fingerprint density at radius 3 is 1.98 bits per heavy atom. The van der Waals surface area contributed by atoms with Gasteiger partial charge in [-0.2, -0.15) is 0 Å². The number of carboxylic acid groups (broad SMARTS) is 2. The molecule has 13 nitrogen and oxygen atoms in total. The summed E-state index contributed by atoms with van der Waals surface area (Å²) in [5.41, 5.74) is 10.7. The minimum absolute atomic E-state index is 0.000176. The van der Waals surface area contributed by atoms with E-state index in [0.717, 1.165) is 11.1 Å². The third-order valence-corrected chi connectivity index (χ3v) is 7.76. The van der Waals surface area contributed by atoms with E-state index in [1.54, 1.807) is 23.1 Å². The van der Waals surface area contributed by atoms with Gasteiger partial charge in [0.2, 0.25) is 5.91 Å². The number of nitrogens with two attached hydrogens (primary N) is 2. The zero-order chi connectivity index (χ0) is 34.9. The summed E-state index contributed by atoms with van der Waals surface area (Å²) in [6.45, 7) is 0.398. The molecule has 0 saturated carbocycles. The van der Waals surface area contributed by atoms with Gasteiger partial charge in [-0.3, -0.25) is 9.59 Å². The Kier molecular flexibility index (Phi) is 10.8. The van der Waals surface area contributed by atoms with E-state index >= 15 is 0 Å². The van der Waals surface area contributed by atoms with E-state index in [9.17, 15) is 19.2 Å². The largest absolute Gasteiger partial charge is 0.492 e. The normalized spacial score (nSPS) is 13.6. The fraction of sp³-hybridized carbons (Fsp3) is 0.167. The molecule has 0 bridgehead atoms. The number of carbonyl (C=O) groups is 4. The summed E-state index contributed by atoms with van der Waals surface area (Å²) in [6.07, 6.45) is -0.000176. The summed E-state index contributed by atoms with van der Waals surface area (Å²) in [4.78, 5) is 49.9. The van der Waals surface area contributed by atoms with Crippen molar-refractivity contribution in [3.63, 3.8) is 0 Å². The molecule has 1 aliphatic rings. The first-order valence-electron chi connectivity index (χ1n) is 15.3. The van der Waals surface area contributed by atoms with Crippen LogP contribution in [-0.2, 0) is 16.1 Å². The molecule has 0 fully saturated rings. The lowest BCUT2D eigenvalue weighted by Crippen LogP contribution is -2.39. The van der Waals surface area contributed by atoms with Crippen LogP contribution in [0.4, 0.5) is 5.69 Å². The summed E-state index contributed by atoms with van der Waals surface area (Å²) in [5.74, 6) is 4.68. The van der Waals surface area contributed by atoms with Crippen LogP contribution in [-0.4, -0.2) is 65.3 Å². The first-order chi connectivity index (χ1) is 23.6. The highest BCUT2D eigenvalue weighted by atomic mass is 16.5. The van der Waals surface area contributed by atoms with Crippen LogP contribution in [0.25, 0.3) is 11.4 Å². The van der Waals surface area contributed by atoms with E-state index < -0.39 is 17.8 Å². The van der Waals surface area contributed by atoms with Crippen LogP contribution in [0.1, 0.15) is 43.8 Å². The van der Waals surface area contributed by atoms with Crippen LogP contribution in [0.5, 0.6) is 11.5 Å². The Hall–Kier alpha value is -6.34. The molecule has 0 unspecified atom stereocenters. The number of nitrogens with one attached hydrogen (secondary N) is 1. The van der Waals surface area contributed by atoms with Gasteiger partial charge in [0.25, 0.3) is 5.91 Å². The molecule has 0 aliphatic carbocycles. The van der Waals surface area contributed by atoms with Gasteiger partial charge in [-0.1, -0.05) is 42.5 Å². The fourth-order valence-electron chi connectivity index (χ4n) is 5.29. The van der Waals surface area contributed by atoms with E-state index in [0.29, 0.717) is 34.1 Å². The number of anilines is 1. The molecule has 0 radical (unpaired) electrons. The predicted octanol–water partition coefficient (Wildman–Crippen LogP) is 3.55. The molecule has 1 heterocycles. The number of carbonyl (C=O) groups excluding carboxylic acids is 2. The lowest BCUT2D eigenvalue weighted by atomic mass is 9.95. The monoisotopic (exact) mass is 665 g/mol. The van der Waals surface area contributed by atoms with E-state index in [1.807, 2.05) is 42.5 Å². The average molecular weight is 666 g/mol. The van der Waals surface area contributed by atoms with Crippen molar-refractivity contribution in [2.75, 3.05) is 31.2 Å². The quantitative estimate of drug-likeness (QED) is 0.103. The second kappa shape index (κ2) is 15.5. The van der Waals surface area contributed by atoms with Crippen molar-refractivity contribution in [1.29, 1.82) is 0 Å². The van der Waals surface area contributed by atoms with Crippen molar-refractivity contribution < 1.29 is 38.9 Å². The fourth-order valence-corrected chi connectivity index (χ4v) is 5.29. The Morgan fingerprint density at radius 2 is 1.35 bits per heavy atom. The molecular formula is C36H35N5O8. The van der Waals surface area contributed by atoms with E-state index in [-0.39, 0.29) is 56.3 Å². The third-order valence-electron chi connectivity index (χ3n) is 7.76. The lowest BCUT2D eigenvalue weighted by Gasteiger charge is -2.33. The number of benzene rings is 4. The summed E-state index contributed by atoms with van der Waals surface area (Å²) in [7, 11) is 0. The van der Waals surface area contributed by atoms with Crippen molar-refractivity contribution in [2.24, 2.45) is 11.6 Å². The van der Waals surface area contributed by atoms with Gasteiger partial charge < -0.3 is 40.6 Å². The Labute approximate surface area is 281 Å². The maximum absolute atomic E-state index is 13.7. The number of hydrogen-bond donors (Lipinski definition) is 5. The van der Waals surface area contributed by atoms with E-state index in [4.69, 9.17) is 31.3 Å². The first-order valence-corrected chi connectivity index (χ1v) is 15.3. The van der Waals surface area contributed by atoms with Crippen LogP contribution < -0.4 is 31.3 Å². The molecule has 252 valence electrons. The Morgan fingerprint density at radius 1 is 0.776 bits per heavy atom. The molecule has 0 saturated heterocycles. The molecule has 1 aliphatic heterocycles. The van der Waals surface area contributed by atoms with Crippen LogP contribution in [0.15, 0.2) is 97.1 Å². The zero-order valence-electron chi connectivity index (χ0n) is 26.4. The van der Waals surface area contributed by atoms with Gasteiger partial charge >= 0.3 is 11.9 Å². The van der Waals surface area contributed by atoms with Gasteiger partial charge in [-0.15, -0.1) is 0 Å². The van der Waals surface area contributed by atoms with Crippen molar-refractivity contribution in [3.05, 3.63) is 125 Å². The summed E-state index contributed by atoms with van der Waals surface area (Å²) < 4.78 is 11.2. The highest BCUT2D eigenvalue weighted by Gasteiger charge is 2.27. The number of para-hydroxylation sites is 1. The highest BCUT2D eigenvalue weighted by molar-refractivity contribution is 6.01. The van der Waals surface area contributed by atoms with Gasteiger partial charge in [-0.05, 0) is 60.2 Å². The molecule has 4 aromatic rings. The van der Waals surface area contributed by atoms with E-state index in [1.165, 1.54) is 41.4 Å². The van der Waals surface area contributed by atoms with Crippen LogP contribution in [0.3, 0.4) is 0 Å². The minimum Gasteiger partial charge on any atom is -0.492 e. The molecule has 4 aromatic carbocycles. The van der Waals surface area contributed by atoms with Gasteiger partial charge in [-0.25, -0.2) is 15.4 Å². The average Bonchev–Trinajstić information content (AvgIpc) is 3.10. The SMILES string of the molecule is N/C1=C(\N(N)CCOc2ccc(C(=O)O)cc2)c2ccccc2CN(C(=O)CCNC(=O)COc2ccc(C(=O)O)cc2)c2ccccc21. The third kappa shape index (κ3) is 8.34. The van der Waals surface area contributed by atoms with Gasteiger partial charge in [0, 0.05) is 24.1 Å². The van der Waals surface area contributed by atoms with E-state index in [2.05, 4.69) is 5.32 Å². The molecule has 7 N–H and O–H groups in total. The van der Waals surface area contributed by atoms with Crippen molar-refractivity contribution in [2.45, 2.75) is 13.0 Å². The number of hydrazine groups is 1. The molecule has 13 heteroatoms. The molecule has 2 amide bonds. The van der Waals surface area contributed by atoms with Gasteiger partial charge in [0.15, 0.2) is 6.61 Å². The lowest BCUT2D eigenvalue weighted by molar-refractivity contribution is -0.123. The smallest absolute Gasteiger partial charge is 0.335 e. The summed E-state index contributed by atoms with van der Waals surface area (Å²) in [6, 6.07) is 26.5. The molecule has 0 aromatic heterocycles.